The Hall–Kier alpha value is 0.0500. The van der Waals surface area contributed by atoms with E-state index in [0.717, 1.165) is 6.54 Å². The summed E-state index contributed by atoms with van der Waals surface area (Å²) in [6, 6.07) is 2.04. The van der Waals surface area contributed by atoms with Gasteiger partial charge in [0.2, 0.25) is 0 Å². The van der Waals surface area contributed by atoms with Gasteiger partial charge in [-0.3, -0.25) is 0 Å². The van der Waals surface area contributed by atoms with Crippen molar-refractivity contribution in [3.8, 4) is 0 Å². The lowest BCUT2D eigenvalue weighted by atomic mass is 10.2. The van der Waals surface area contributed by atoms with E-state index in [0.29, 0.717) is 21.8 Å². The molecule has 7 heteroatoms. The van der Waals surface area contributed by atoms with Gasteiger partial charge < -0.3 is 4.90 Å². The van der Waals surface area contributed by atoms with Gasteiger partial charge in [0, 0.05) is 30.1 Å². The van der Waals surface area contributed by atoms with Crippen LogP contribution in [0.2, 0.25) is 0 Å². The minimum Gasteiger partial charge on any atom is -0.301 e. The predicted molar refractivity (Wildman–Crippen MR) is 72.9 cm³/mol. The lowest BCUT2D eigenvalue weighted by Gasteiger charge is -2.36. The molecule has 1 aliphatic rings. The molecule has 1 aliphatic heterocycles. The van der Waals surface area contributed by atoms with E-state index in [4.69, 9.17) is 0 Å². The molecule has 2 heterocycles. The quantitative estimate of drug-likeness (QED) is 0.826. The molecular weight excluding hydrogens is 324 g/mol. The Labute approximate surface area is 114 Å². The molecule has 0 N–H and O–H groups in total. The number of piperazine rings is 1. The van der Waals surface area contributed by atoms with Crippen LogP contribution < -0.4 is 0 Å². The monoisotopic (exact) mass is 338 g/mol. The topological polar surface area (TPSA) is 40.6 Å². The van der Waals surface area contributed by atoms with Crippen LogP contribution in [0.1, 0.15) is 6.92 Å². The summed E-state index contributed by atoms with van der Waals surface area (Å²) in [5, 5.41) is 1.79. The van der Waals surface area contributed by atoms with Crippen molar-refractivity contribution in [3.05, 3.63) is 15.9 Å². The first-order chi connectivity index (χ1) is 7.93. The molecule has 0 radical (unpaired) electrons. The van der Waals surface area contributed by atoms with Crippen LogP contribution >= 0.6 is 27.3 Å². The van der Waals surface area contributed by atoms with Gasteiger partial charge in [0.15, 0.2) is 0 Å². The molecule has 1 aromatic heterocycles. The van der Waals surface area contributed by atoms with Gasteiger partial charge in [0.25, 0.3) is 10.0 Å². The second-order valence-corrected chi connectivity index (χ2v) is 8.15. The first-order valence-corrected chi connectivity index (χ1v) is 8.47. The fourth-order valence-corrected chi connectivity index (χ4v) is 5.78. The van der Waals surface area contributed by atoms with E-state index in [1.165, 1.54) is 11.3 Å². The van der Waals surface area contributed by atoms with Crippen molar-refractivity contribution < 1.29 is 8.42 Å². The number of halogens is 1. The molecule has 0 bridgehead atoms. The highest BCUT2D eigenvalue weighted by molar-refractivity contribution is 9.10. The summed E-state index contributed by atoms with van der Waals surface area (Å²) in [5.74, 6) is 0. The summed E-state index contributed by atoms with van der Waals surface area (Å²) in [5.41, 5.74) is 0. The number of nitrogens with zero attached hydrogens (tertiary/aromatic N) is 2. The lowest BCUT2D eigenvalue weighted by molar-refractivity contribution is 0.160. The van der Waals surface area contributed by atoms with Gasteiger partial charge in [-0.1, -0.05) is 0 Å². The highest BCUT2D eigenvalue weighted by Gasteiger charge is 2.32. The number of rotatable bonds is 2. The second-order valence-electron chi connectivity index (χ2n) is 4.25. The average molecular weight is 339 g/mol. The summed E-state index contributed by atoms with van der Waals surface area (Å²) in [7, 11) is -1.30. The number of hydrogen-bond donors (Lipinski definition) is 0. The normalized spacial score (nSPS) is 24.1. The van der Waals surface area contributed by atoms with Gasteiger partial charge in [0.1, 0.15) is 4.21 Å². The average Bonchev–Trinajstić information content (AvgIpc) is 2.69. The highest BCUT2D eigenvalue weighted by atomic mass is 79.9. The number of likely N-dealkylation sites (N-methyl/N-ethyl adjacent to an activating group) is 1. The molecule has 1 aromatic rings. The van der Waals surface area contributed by atoms with Gasteiger partial charge in [-0.15, -0.1) is 11.3 Å². The smallest absolute Gasteiger partial charge is 0.253 e. The number of sulfonamides is 1. The first kappa shape index (κ1) is 13.5. The maximum atomic E-state index is 12.4. The molecule has 1 fully saturated rings. The van der Waals surface area contributed by atoms with E-state index < -0.39 is 10.0 Å². The molecule has 0 amide bonds. The van der Waals surface area contributed by atoms with Crippen LogP contribution in [0.5, 0.6) is 0 Å². The van der Waals surface area contributed by atoms with E-state index in [2.05, 4.69) is 20.8 Å². The van der Waals surface area contributed by atoms with Crippen molar-refractivity contribution in [2.75, 3.05) is 26.7 Å². The van der Waals surface area contributed by atoms with Crippen LogP contribution in [-0.2, 0) is 10.0 Å². The van der Waals surface area contributed by atoms with Gasteiger partial charge in [0.05, 0.1) is 0 Å². The van der Waals surface area contributed by atoms with E-state index in [1.54, 1.807) is 15.8 Å². The molecule has 1 atom stereocenters. The van der Waals surface area contributed by atoms with Crippen molar-refractivity contribution in [1.29, 1.82) is 0 Å². The predicted octanol–water partition coefficient (Wildman–Crippen LogP) is 1.84. The fourth-order valence-electron chi connectivity index (χ4n) is 1.81. The molecule has 0 aliphatic carbocycles. The van der Waals surface area contributed by atoms with Crippen LogP contribution in [0.25, 0.3) is 0 Å². The van der Waals surface area contributed by atoms with Gasteiger partial charge >= 0.3 is 0 Å². The Morgan fingerprint density at radius 3 is 2.71 bits per heavy atom. The largest absolute Gasteiger partial charge is 0.301 e. The SMILES string of the molecule is CC1CN(S(=O)(=O)c2sccc2Br)CCN1C. The molecule has 2 rings (SSSR count). The van der Waals surface area contributed by atoms with Crippen molar-refractivity contribution in [2.45, 2.75) is 17.2 Å². The van der Waals surface area contributed by atoms with Crippen molar-refractivity contribution >= 4 is 37.3 Å². The molecule has 0 aromatic carbocycles. The minimum absolute atomic E-state index is 0.261. The van der Waals surface area contributed by atoms with Gasteiger partial charge in [-0.25, -0.2) is 8.42 Å². The zero-order valence-corrected chi connectivity index (χ0v) is 13.0. The zero-order valence-electron chi connectivity index (χ0n) is 9.76. The number of thiophene rings is 1. The molecule has 0 spiro atoms. The summed E-state index contributed by atoms with van der Waals surface area (Å²) >= 11 is 4.55. The maximum Gasteiger partial charge on any atom is 0.253 e. The standard InChI is InChI=1S/C10H15BrN2O2S2/c1-8-7-13(5-4-12(8)2)17(14,15)10-9(11)3-6-16-10/h3,6,8H,4-5,7H2,1-2H3. The Balaban J connectivity index is 2.26. The zero-order chi connectivity index (χ0) is 12.6. The maximum absolute atomic E-state index is 12.4. The van der Waals surface area contributed by atoms with Crippen LogP contribution in [-0.4, -0.2) is 50.3 Å². The van der Waals surface area contributed by atoms with E-state index in [-0.39, 0.29) is 6.04 Å². The Kier molecular flexibility index (Phi) is 3.94. The Bertz CT molecular complexity index is 500. The molecule has 17 heavy (non-hydrogen) atoms. The third-order valence-corrected chi connectivity index (χ3v) is 7.59. The molecule has 96 valence electrons. The lowest BCUT2D eigenvalue weighted by Crippen LogP contribution is -2.51. The second kappa shape index (κ2) is 4.97. The van der Waals surface area contributed by atoms with E-state index in [1.807, 2.05) is 14.0 Å². The van der Waals surface area contributed by atoms with Gasteiger partial charge in [-0.2, -0.15) is 4.31 Å². The molecule has 1 saturated heterocycles. The van der Waals surface area contributed by atoms with E-state index in [9.17, 15) is 8.42 Å². The highest BCUT2D eigenvalue weighted by Crippen LogP contribution is 2.31. The third-order valence-electron chi connectivity index (χ3n) is 3.08. The van der Waals surface area contributed by atoms with Crippen LogP contribution in [0.15, 0.2) is 20.1 Å². The third kappa shape index (κ3) is 2.58. The number of hydrogen-bond acceptors (Lipinski definition) is 4. The van der Waals surface area contributed by atoms with Crippen molar-refractivity contribution in [3.63, 3.8) is 0 Å². The fraction of sp³-hybridized carbons (Fsp3) is 0.600. The van der Waals surface area contributed by atoms with Crippen LogP contribution in [0, 0.1) is 0 Å². The van der Waals surface area contributed by atoms with Crippen LogP contribution in [0.4, 0.5) is 0 Å². The molecule has 4 nitrogen and oxygen atoms in total. The molecular formula is C10H15BrN2O2S2. The minimum atomic E-state index is -3.33. The first-order valence-electron chi connectivity index (χ1n) is 5.36. The van der Waals surface area contributed by atoms with Gasteiger partial charge in [-0.05, 0) is 41.3 Å². The summed E-state index contributed by atoms with van der Waals surface area (Å²) in [6.07, 6.45) is 0. The Morgan fingerprint density at radius 2 is 2.18 bits per heavy atom. The van der Waals surface area contributed by atoms with Crippen molar-refractivity contribution in [2.24, 2.45) is 0 Å². The van der Waals surface area contributed by atoms with Crippen molar-refractivity contribution in [1.82, 2.24) is 9.21 Å². The summed E-state index contributed by atoms with van der Waals surface area (Å²) in [6.45, 7) is 3.95. The summed E-state index contributed by atoms with van der Waals surface area (Å²) in [4.78, 5) is 2.18. The van der Waals surface area contributed by atoms with E-state index >= 15 is 0 Å². The molecule has 1 unspecified atom stereocenters. The summed E-state index contributed by atoms with van der Waals surface area (Å²) < 4.78 is 27.5. The molecule has 0 saturated carbocycles. The Morgan fingerprint density at radius 1 is 1.47 bits per heavy atom. The van der Waals surface area contributed by atoms with Crippen LogP contribution in [0.3, 0.4) is 0 Å².